The van der Waals surface area contributed by atoms with Crippen molar-refractivity contribution in [1.29, 1.82) is 0 Å². The van der Waals surface area contributed by atoms with Crippen molar-refractivity contribution in [3.05, 3.63) is 47.5 Å². The van der Waals surface area contributed by atoms with E-state index in [-0.39, 0.29) is 0 Å². The first-order valence-corrected chi connectivity index (χ1v) is 4.89. The predicted octanol–water partition coefficient (Wildman–Crippen LogP) is 3.89. The van der Waals surface area contributed by atoms with E-state index in [0.717, 1.165) is 0 Å². The normalized spacial score (nSPS) is 10.6. The predicted molar refractivity (Wildman–Crippen MR) is 58.2 cm³/mol. The Kier molecular flexibility index (Phi) is 2.24. The van der Waals surface area contributed by atoms with Crippen molar-refractivity contribution in [3.8, 4) is 0 Å². The van der Waals surface area contributed by atoms with Crippen LogP contribution in [0, 0.1) is 6.92 Å². The molecule has 0 aliphatic rings. The number of hydrogen-bond donors (Lipinski definition) is 0. The van der Waals surface area contributed by atoms with E-state index in [4.69, 9.17) is 11.6 Å². The number of hydrogen-bond acceptors (Lipinski definition) is 0. The fourth-order valence-corrected chi connectivity index (χ4v) is 1.86. The summed E-state index contributed by atoms with van der Waals surface area (Å²) in [5, 5.41) is 2.58. The highest BCUT2D eigenvalue weighted by atomic mass is 35.5. The third kappa shape index (κ3) is 1.42. The molecule has 0 aliphatic heterocycles. The minimum Gasteiger partial charge on any atom is -0.122 e. The SMILES string of the molecule is Cc1ccc(CCl)c2ccccc12. The molecule has 2 aromatic rings. The lowest BCUT2D eigenvalue weighted by Gasteiger charge is -2.05. The number of alkyl halides is 1. The lowest BCUT2D eigenvalue weighted by atomic mass is 10.0. The van der Waals surface area contributed by atoms with Crippen molar-refractivity contribution in [1.82, 2.24) is 0 Å². The Morgan fingerprint density at radius 3 is 2.38 bits per heavy atom. The molecule has 2 rings (SSSR count). The molecular weight excluding hydrogens is 180 g/mol. The van der Waals surface area contributed by atoms with Gasteiger partial charge in [-0.1, -0.05) is 36.4 Å². The molecule has 0 saturated carbocycles. The van der Waals surface area contributed by atoms with Crippen LogP contribution in [-0.4, -0.2) is 0 Å². The lowest BCUT2D eigenvalue weighted by Crippen LogP contribution is -1.84. The zero-order valence-corrected chi connectivity index (χ0v) is 8.31. The molecule has 0 amide bonds. The average molecular weight is 191 g/mol. The first-order chi connectivity index (χ1) is 6.33. The number of benzene rings is 2. The van der Waals surface area contributed by atoms with Crippen LogP contribution < -0.4 is 0 Å². The second-order valence-corrected chi connectivity index (χ2v) is 3.49. The van der Waals surface area contributed by atoms with Crippen molar-refractivity contribution in [2.45, 2.75) is 12.8 Å². The Morgan fingerprint density at radius 1 is 1.00 bits per heavy atom. The van der Waals surface area contributed by atoms with Crippen LogP contribution in [-0.2, 0) is 5.88 Å². The van der Waals surface area contributed by atoms with Crippen molar-refractivity contribution >= 4 is 22.4 Å². The molecule has 0 aliphatic carbocycles. The summed E-state index contributed by atoms with van der Waals surface area (Å²) in [6.45, 7) is 2.13. The number of halogens is 1. The summed E-state index contributed by atoms with van der Waals surface area (Å²) < 4.78 is 0. The molecule has 2 aromatic carbocycles. The van der Waals surface area contributed by atoms with Crippen LogP contribution in [0.3, 0.4) is 0 Å². The molecule has 0 saturated heterocycles. The Labute approximate surface area is 83.1 Å². The highest BCUT2D eigenvalue weighted by molar-refractivity contribution is 6.18. The smallest absolute Gasteiger partial charge is 0.0480 e. The fraction of sp³-hybridized carbons (Fsp3) is 0.167. The average Bonchev–Trinajstić information content (AvgIpc) is 2.19. The molecule has 1 heteroatoms. The lowest BCUT2D eigenvalue weighted by molar-refractivity contribution is 1.42. The molecule has 0 heterocycles. The Balaban J connectivity index is 2.84. The monoisotopic (exact) mass is 190 g/mol. The molecule has 13 heavy (non-hydrogen) atoms. The van der Waals surface area contributed by atoms with Gasteiger partial charge in [0.05, 0.1) is 0 Å². The summed E-state index contributed by atoms with van der Waals surface area (Å²) in [4.78, 5) is 0. The van der Waals surface area contributed by atoms with Gasteiger partial charge in [0.15, 0.2) is 0 Å². The zero-order valence-electron chi connectivity index (χ0n) is 7.55. The van der Waals surface area contributed by atoms with Crippen molar-refractivity contribution in [2.75, 3.05) is 0 Å². The second-order valence-electron chi connectivity index (χ2n) is 3.22. The van der Waals surface area contributed by atoms with Gasteiger partial charge in [0.25, 0.3) is 0 Å². The van der Waals surface area contributed by atoms with Gasteiger partial charge in [0.1, 0.15) is 0 Å². The van der Waals surface area contributed by atoms with E-state index in [0.29, 0.717) is 5.88 Å². The highest BCUT2D eigenvalue weighted by Crippen LogP contribution is 2.23. The van der Waals surface area contributed by atoms with E-state index >= 15 is 0 Å². The Hall–Kier alpha value is -1.01. The summed E-state index contributed by atoms with van der Waals surface area (Å²) in [6.07, 6.45) is 0. The summed E-state index contributed by atoms with van der Waals surface area (Å²) in [5.74, 6) is 0.584. The third-order valence-corrected chi connectivity index (χ3v) is 2.66. The van der Waals surface area contributed by atoms with E-state index in [2.05, 4.69) is 43.3 Å². The van der Waals surface area contributed by atoms with Gasteiger partial charge in [-0.05, 0) is 28.8 Å². The van der Waals surface area contributed by atoms with E-state index in [1.807, 2.05) is 0 Å². The van der Waals surface area contributed by atoms with E-state index in [1.165, 1.54) is 21.9 Å². The highest BCUT2D eigenvalue weighted by Gasteiger charge is 2.00. The van der Waals surface area contributed by atoms with E-state index in [9.17, 15) is 0 Å². The standard InChI is InChI=1S/C12H11Cl/c1-9-6-7-10(8-13)12-5-3-2-4-11(9)12/h2-7H,8H2,1H3. The molecule has 0 fully saturated rings. The molecule has 0 bridgehead atoms. The van der Waals surface area contributed by atoms with Crippen LogP contribution in [0.2, 0.25) is 0 Å². The van der Waals surface area contributed by atoms with Gasteiger partial charge in [0, 0.05) is 5.88 Å². The molecular formula is C12H11Cl. The first-order valence-electron chi connectivity index (χ1n) is 4.36. The van der Waals surface area contributed by atoms with Crippen LogP contribution in [0.15, 0.2) is 36.4 Å². The van der Waals surface area contributed by atoms with Gasteiger partial charge in [0.2, 0.25) is 0 Å². The molecule has 0 nitrogen and oxygen atoms in total. The minimum atomic E-state index is 0.584. The van der Waals surface area contributed by atoms with Crippen molar-refractivity contribution in [2.24, 2.45) is 0 Å². The van der Waals surface area contributed by atoms with E-state index < -0.39 is 0 Å². The van der Waals surface area contributed by atoms with Crippen LogP contribution in [0.1, 0.15) is 11.1 Å². The van der Waals surface area contributed by atoms with Gasteiger partial charge in [-0.25, -0.2) is 0 Å². The Bertz CT molecular complexity index is 432. The molecule has 0 spiro atoms. The van der Waals surface area contributed by atoms with Gasteiger partial charge >= 0.3 is 0 Å². The number of rotatable bonds is 1. The van der Waals surface area contributed by atoms with E-state index in [1.54, 1.807) is 0 Å². The maximum Gasteiger partial charge on any atom is 0.0480 e. The molecule has 0 atom stereocenters. The third-order valence-electron chi connectivity index (χ3n) is 2.38. The Morgan fingerprint density at radius 2 is 1.69 bits per heavy atom. The first kappa shape index (κ1) is 8.58. The maximum atomic E-state index is 5.86. The van der Waals surface area contributed by atoms with Crippen LogP contribution in [0.25, 0.3) is 10.8 Å². The topological polar surface area (TPSA) is 0 Å². The fourth-order valence-electron chi connectivity index (χ4n) is 1.63. The summed E-state index contributed by atoms with van der Waals surface area (Å²) in [6, 6.07) is 12.6. The summed E-state index contributed by atoms with van der Waals surface area (Å²) >= 11 is 5.86. The second kappa shape index (κ2) is 3.39. The van der Waals surface area contributed by atoms with Gasteiger partial charge in [-0.3, -0.25) is 0 Å². The molecule has 0 aromatic heterocycles. The van der Waals surface area contributed by atoms with Gasteiger partial charge < -0.3 is 0 Å². The zero-order chi connectivity index (χ0) is 9.26. The quantitative estimate of drug-likeness (QED) is 0.599. The largest absolute Gasteiger partial charge is 0.122 e. The van der Waals surface area contributed by atoms with Crippen molar-refractivity contribution in [3.63, 3.8) is 0 Å². The summed E-state index contributed by atoms with van der Waals surface area (Å²) in [7, 11) is 0. The number of aryl methyl sites for hydroxylation is 1. The van der Waals surface area contributed by atoms with Crippen LogP contribution >= 0.6 is 11.6 Å². The van der Waals surface area contributed by atoms with Gasteiger partial charge in [-0.15, -0.1) is 11.6 Å². The maximum absolute atomic E-state index is 5.86. The molecule has 0 N–H and O–H groups in total. The molecule has 0 unspecified atom stereocenters. The van der Waals surface area contributed by atoms with Crippen LogP contribution in [0.4, 0.5) is 0 Å². The van der Waals surface area contributed by atoms with Crippen LogP contribution in [0.5, 0.6) is 0 Å². The summed E-state index contributed by atoms with van der Waals surface area (Å²) in [5.41, 5.74) is 2.52. The molecule has 66 valence electrons. The van der Waals surface area contributed by atoms with Crippen molar-refractivity contribution < 1.29 is 0 Å². The minimum absolute atomic E-state index is 0.584. The van der Waals surface area contributed by atoms with Gasteiger partial charge in [-0.2, -0.15) is 0 Å². The number of fused-ring (bicyclic) bond motifs is 1. The molecule has 0 radical (unpaired) electrons.